The molecule has 0 aliphatic heterocycles. The summed E-state index contributed by atoms with van der Waals surface area (Å²) in [4.78, 5) is 16.4. The summed E-state index contributed by atoms with van der Waals surface area (Å²) in [6, 6.07) is 8.06. The lowest BCUT2D eigenvalue weighted by Gasteiger charge is -2.13. The number of aryl methyl sites for hydroxylation is 1. The second-order valence-corrected chi connectivity index (χ2v) is 3.42. The summed E-state index contributed by atoms with van der Waals surface area (Å²) in [5.41, 5.74) is 2.28. The van der Waals surface area contributed by atoms with Gasteiger partial charge in [-0.1, -0.05) is 31.2 Å². The largest absolute Gasteiger partial charge is 0.275 e. The van der Waals surface area contributed by atoms with Crippen LogP contribution in [-0.4, -0.2) is 25.1 Å². The highest BCUT2D eigenvalue weighted by Gasteiger charge is 2.08. The van der Waals surface area contributed by atoms with E-state index in [0.717, 1.165) is 12.0 Å². The number of amides is 1. The maximum absolute atomic E-state index is 11.5. The third-order valence-corrected chi connectivity index (χ3v) is 2.38. The van der Waals surface area contributed by atoms with Gasteiger partial charge in [-0.05, 0) is 17.5 Å². The molecular formula is C12H17NO2. The van der Waals surface area contributed by atoms with Crippen molar-refractivity contribution in [3.05, 3.63) is 35.4 Å². The van der Waals surface area contributed by atoms with E-state index >= 15 is 0 Å². The number of carbonyl (C=O) groups is 1. The van der Waals surface area contributed by atoms with Gasteiger partial charge in [-0.15, -0.1) is 0 Å². The molecule has 1 rings (SSSR count). The molecule has 0 heterocycles. The lowest BCUT2D eigenvalue weighted by atomic mass is 10.1. The van der Waals surface area contributed by atoms with Gasteiger partial charge >= 0.3 is 0 Å². The first-order valence-electron chi connectivity index (χ1n) is 5.05. The van der Waals surface area contributed by atoms with E-state index in [1.54, 1.807) is 7.05 Å². The molecule has 0 radical (unpaired) electrons. The zero-order valence-corrected chi connectivity index (χ0v) is 9.49. The fourth-order valence-electron chi connectivity index (χ4n) is 1.35. The van der Waals surface area contributed by atoms with Crippen LogP contribution in [0.5, 0.6) is 0 Å². The minimum Gasteiger partial charge on any atom is -0.275 e. The van der Waals surface area contributed by atoms with Gasteiger partial charge in [0.05, 0.1) is 13.5 Å². The predicted octanol–water partition coefficient (Wildman–Crippen LogP) is 1.81. The van der Waals surface area contributed by atoms with Crippen LogP contribution in [0.3, 0.4) is 0 Å². The number of benzene rings is 1. The first-order valence-corrected chi connectivity index (χ1v) is 5.05. The predicted molar refractivity (Wildman–Crippen MR) is 59.3 cm³/mol. The number of nitrogens with zero attached hydrogens (tertiary/aromatic N) is 1. The monoisotopic (exact) mass is 207 g/mol. The Kier molecular flexibility index (Phi) is 4.31. The molecule has 0 unspecified atom stereocenters. The van der Waals surface area contributed by atoms with E-state index < -0.39 is 0 Å². The standard InChI is InChI=1S/C12H17NO2/c1-4-10-6-5-7-11(8-10)9-12(14)13(2)15-3/h5-8H,4,9H2,1-3H3. The van der Waals surface area contributed by atoms with E-state index in [2.05, 4.69) is 19.1 Å². The smallest absolute Gasteiger partial charge is 0.250 e. The first-order chi connectivity index (χ1) is 7.17. The highest BCUT2D eigenvalue weighted by Crippen LogP contribution is 2.07. The molecule has 3 nitrogen and oxygen atoms in total. The number of hydrogen-bond acceptors (Lipinski definition) is 2. The molecule has 1 amide bonds. The molecular weight excluding hydrogens is 190 g/mol. The fourth-order valence-corrected chi connectivity index (χ4v) is 1.35. The Balaban J connectivity index is 2.68. The maximum Gasteiger partial charge on any atom is 0.250 e. The number of carbonyl (C=O) groups excluding carboxylic acids is 1. The quantitative estimate of drug-likeness (QED) is 0.705. The van der Waals surface area contributed by atoms with E-state index in [9.17, 15) is 4.79 Å². The highest BCUT2D eigenvalue weighted by molar-refractivity contribution is 5.77. The summed E-state index contributed by atoms with van der Waals surface area (Å²) in [7, 11) is 3.10. The van der Waals surface area contributed by atoms with E-state index in [-0.39, 0.29) is 5.91 Å². The highest BCUT2D eigenvalue weighted by atomic mass is 16.7. The molecule has 0 aliphatic carbocycles. The van der Waals surface area contributed by atoms with Crippen LogP contribution >= 0.6 is 0 Å². The Hall–Kier alpha value is -1.35. The summed E-state index contributed by atoms with van der Waals surface area (Å²) in [5, 5.41) is 1.25. The molecule has 0 aliphatic rings. The van der Waals surface area contributed by atoms with Crippen LogP contribution < -0.4 is 0 Å². The Morgan fingerprint density at radius 3 is 2.67 bits per heavy atom. The van der Waals surface area contributed by atoms with Crippen molar-refractivity contribution in [1.29, 1.82) is 0 Å². The Morgan fingerprint density at radius 1 is 1.40 bits per heavy atom. The Labute approximate surface area is 90.6 Å². The van der Waals surface area contributed by atoms with Gasteiger partial charge in [0, 0.05) is 7.05 Å². The average Bonchev–Trinajstić information content (AvgIpc) is 2.28. The van der Waals surface area contributed by atoms with Gasteiger partial charge in [0.15, 0.2) is 0 Å². The van der Waals surface area contributed by atoms with Crippen molar-refractivity contribution in [3.63, 3.8) is 0 Å². The summed E-state index contributed by atoms with van der Waals surface area (Å²) in [6.07, 6.45) is 1.38. The van der Waals surface area contributed by atoms with Gasteiger partial charge in [-0.25, -0.2) is 5.06 Å². The van der Waals surface area contributed by atoms with Crippen LogP contribution in [0.1, 0.15) is 18.1 Å². The molecule has 0 fully saturated rings. The number of hydroxylamine groups is 2. The van der Waals surface area contributed by atoms with Crippen LogP contribution in [0.15, 0.2) is 24.3 Å². The normalized spacial score (nSPS) is 10.1. The van der Waals surface area contributed by atoms with Crippen LogP contribution in [0.2, 0.25) is 0 Å². The molecule has 0 spiro atoms. The van der Waals surface area contributed by atoms with Crippen LogP contribution in [-0.2, 0) is 22.5 Å². The fraction of sp³-hybridized carbons (Fsp3) is 0.417. The summed E-state index contributed by atoms with van der Waals surface area (Å²) < 4.78 is 0. The second kappa shape index (κ2) is 5.51. The first kappa shape index (κ1) is 11.7. The molecule has 82 valence electrons. The van der Waals surface area contributed by atoms with Crippen LogP contribution in [0.4, 0.5) is 0 Å². The third-order valence-electron chi connectivity index (χ3n) is 2.38. The van der Waals surface area contributed by atoms with Gasteiger partial charge in [0.2, 0.25) is 5.91 Å². The Morgan fingerprint density at radius 2 is 2.07 bits per heavy atom. The van der Waals surface area contributed by atoms with Gasteiger partial charge < -0.3 is 0 Å². The van der Waals surface area contributed by atoms with Gasteiger partial charge in [-0.2, -0.15) is 0 Å². The van der Waals surface area contributed by atoms with Crippen LogP contribution in [0, 0.1) is 0 Å². The van der Waals surface area contributed by atoms with Crippen molar-refractivity contribution < 1.29 is 9.63 Å². The molecule has 0 atom stereocenters. The van der Waals surface area contributed by atoms with Crippen molar-refractivity contribution in [1.82, 2.24) is 5.06 Å². The minimum atomic E-state index is -0.0363. The van der Waals surface area contributed by atoms with Crippen LogP contribution in [0.25, 0.3) is 0 Å². The number of hydrogen-bond donors (Lipinski definition) is 0. The molecule has 0 aromatic heterocycles. The molecule has 0 saturated carbocycles. The molecule has 3 heteroatoms. The molecule has 1 aromatic carbocycles. The third kappa shape index (κ3) is 3.36. The second-order valence-electron chi connectivity index (χ2n) is 3.42. The van der Waals surface area contributed by atoms with E-state index in [4.69, 9.17) is 4.84 Å². The van der Waals surface area contributed by atoms with Gasteiger partial charge in [0.1, 0.15) is 0 Å². The molecule has 0 bridgehead atoms. The molecule has 0 N–H and O–H groups in total. The minimum absolute atomic E-state index is 0.0363. The van der Waals surface area contributed by atoms with Gasteiger partial charge in [0.25, 0.3) is 0 Å². The summed E-state index contributed by atoms with van der Waals surface area (Å²) >= 11 is 0. The zero-order valence-electron chi connectivity index (χ0n) is 9.49. The van der Waals surface area contributed by atoms with Gasteiger partial charge in [-0.3, -0.25) is 9.63 Å². The van der Waals surface area contributed by atoms with Crippen molar-refractivity contribution in [3.8, 4) is 0 Å². The maximum atomic E-state index is 11.5. The summed E-state index contributed by atoms with van der Waals surface area (Å²) in [5.74, 6) is -0.0363. The summed E-state index contributed by atoms with van der Waals surface area (Å²) in [6.45, 7) is 2.10. The average molecular weight is 207 g/mol. The Bertz CT molecular complexity index is 336. The van der Waals surface area contributed by atoms with Crippen molar-refractivity contribution in [2.75, 3.05) is 14.2 Å². The zero-order chi connectivity index (χ0) is 11.3. The van der Waals surface area contributed by atoms with Crippen molar-refractivity contribution in [2.24, 2.45) is 0 Å². The number of likely N-dealkylation sites (N-methyl/N-ethyl adjacent to an activating group) is 1. The SMILES string of the molecule is CCc1cccc(CC(=O)N(C)OC)c1. The van der Waals surface area contributed by atoms with E-state index in [1.165, 1.54) is 17.7 Å². The van der Waals surface area contributed by atoms with E-state index in [1.807, 2.05) is 12.1 Å². The van der Waals surface area contributed by atoms with E-state index in [0.29, 0.717) is 6.42 Å². The van der Waals surface area contributed by atoms with Crippen molar-refractivity contribution in [2.45, 2.75) is 19.8 Å². The van der Waals surface area contributed by atoms with Crippen molar-refractivity contribution >= 4 is 5.91 Å². The molecule has 0 saturated heterocycles. The molecule has 1 aromatic rings. The topological polar surface area (TPSA) is 29.5 Å². The lowest BCUT2D eigenvalue weighted by molar-refractivity contribution is -0.167. The lowest BCUT2D eigenvalue weighted by Crippen LogP contribution is -2.26. The molecule has 15 heavy (non-hydrogen) atoms. The number of rotatable bonds is 4.